The fourth-order valence-corrected chi connectivity index (χ4v) is 3.70. The lowest BCUT2D eigenvalue weighted by Crippen LogP contribution is -2.51. The monoisotopic (exact) mass is 325 g/mol. The number of nitrogens with zero attached hydrogens (tertiary/aromatic N) is 1. The van der Waals surface area contributed by atoms with E-state index < -0.39 is 5.41 Å². The number of hydrogen-bond donors (Lipinski definition) is 2. The summed E-state index contributed by atoms with van der Waals surface area (Å²) in [5.41, 5.74) is 4.96. The van der Waals surface area contributed by atoms with Crippen molar-refractivity contribution >= 4 is 11.9 Å². The number of ether oxygens (including phenoxy) is 1. The molecule has 2 heterocycles. The van der Waals surface area contributed by atoms with E-state index >= 15 is 0 Å². The van der Waals surface area contributed by atoms with Gasteiger partial charge in [0.2, 0.25) is 5.91 Å². The average molecular weight is 325 g/mol. The fourth-order valence-electron chi connectivity index (χ4n) is 3.70. The van der Waals surface area contributed by atoms with E-state index in [9.17, 15) is 9.59 Å². The van der Waals surface area contributed by atoms with Crippen molar-refractivity contribution in [2.75, 3.05) is 19.7 Å². The minimum absolute atomic E-state index is 0.000492. The van der Waals surface area contributed by atoms with Crippen LogP contribution in [0, 0.1) is 11.3 Å². The SMILES string of the molecule is CC[C@@H]1OCC[C@H]1NC(=O)N1CCCC(CC(C)(C)C(N)=O)C1. The van der Waals surface area contributed by atoms with Crippen molar-refractivity contribution < 1.29 is 14.3 Å². The van der Waals surface area contributed by atoms with Gasteiger partial charge < -0.3 is 20.7 Å². The molecule has 6 heteroatoms. The minimum atomic E-state index is -0.517. The van der Waals surface area contributed by atoms with E-state index in [1.165, 1.54) is 0 Å². The molecule has 0 saturated carbocycles. The first-order valence-corrected chi connectivity index (χ1v) is 8.80. The maximum Gasteiger partial charge on any atom is 0.317 e. The summed E-state index contributed by atoms with van der Waals surface area (Å²) in [5, 5.41) is 3.13. The molecular formula is C17H31N3O3. The zero-order valence-electron chi connectivity index (χ0n) is 14.6. The van der Waals surface area contributed by atoms with E-state index in [0.717, 1.165) is 45.3 Å². The van der Waals surface area contributed by atoms with Gasteiger partial charge in [0.1, 0.15) is 0 Å². The Bertz CT molecular complexity index is 439. The second-order valence-corrected chi connectivity index (χ2v) is 7.57. The smallest absolute Gasteiger partial charge is 0.317 e. The highest BCUT2D eigenvalue weighted by atomic mass is 16.5. The van der Waals surface area contributed by atoms with E-state index in [2.05, 4.69) is 12.2 Å². The van der Waals surface area contributed by atoms with Gasteiger partial charge in [0.25, 0.3) is 0 Å². The van der Waals surface area contributed by atoms with E-state index in [0.29, 0.717) is 12.5 Å². The second-order valence-electron chi connectivity index (χ2n) is 7.57. The topological polar surface area (TPSA) is 84.7 Å². The Hall–Kier alpha value is -1.30. The Labute approximate surface area is 139 Å². The summed E-state index contributed by atoms with van der Waals surface area (Å²) in [6, 6.07) is 0.121. The highest BCUT2D eigenvalue weighted by molar-refractivity contribution is 5.80. The third-order valence-electron chi connectivity index (χ3n) is 5.19. The van der Waals surface area contributed by atoms with Crippen LogP contribution in [0.25, 0.3) is 0 Å². The van der Waals surface area contributed by atoms with Crippen LogP contribution in [0.4, 0.5) is 4.79 Å². The molecule has 3 atom stereocenters. The van der Waals surface area contributed by atoms with Crippen LogP contribution in [0.5, 0.6) is 0 Å². The van der Waals surface area contributed by atoms with Crippen LogP contribution in [0.3, 0.4) is 0 Å². The molecular weight excluding hydrogens is 294 g/mol. The number of likely N-dealkylation sites (tertiary alicyclic amines) is 1. The summed E-state index contributed by atoms with van der Waals surface area (Å²) < 4.78 is 5.63. The number of carbonyl (C=O) groups excluding carboxylic acids is 2. The molecule has 0 aliphatic carbocycles. The van der Waals surface area contributed by atoms with Crippen LogP contribution in [0.1, 0.15) is 52.9 Å². The van der Waals surface area contributed by atoms with Crippen LogP contribution < -0.4 is 11.1 Å². The van der Waals surface area contributed by atoms with Crippen LogP contribution >= 0.6 is 0 Å². The Morgan fingerprint density at radius 3 is 2.74 bits per heavy atom. The first-order chi connectivity index (χ1) is 10.8. The fraction of sp³-hybridized carbons (Fsp3) is 0.882. The molecule has 3 amide bonds. The number of piperidine rings is 1. The Morgan fingerprint density at radius 2 is 2.09 bits per heavy atom. The predicted octanol–water partition coefficient (Wildman–Crippen LogP) is 1.88. The molecule has 2 aliphatic heterocycles. The van der Waals surface area contributed by atoms with Crippen LogP contribution in [-0.2, 0) is 9.53 Å². The van der Waals surface area contributed by atoms with Crippen LogP contribution in [0.2, 0.25) is 0 Å². The maximum atomic E-state index is 12.5. The second kappa shape index (κ2) is 7.51. The molecule has 132 valence electrons. The first kappa shape index (κ1) is 18.0. The Morgan fingerprint density at radius 1 is 1.35 bits per heavy atom. The van der Waals surface area contributed by atoms with E-state index in [-0.39, 0.29) is 24.1 Å². The summed E-state index contributed by atoms with van der Waals surface area (Å²) in [5.74, 6) is 0.0618. The molecule has 23 heavy (non-hydrogen) atoms. The van der Waals surface area contributed by atoms with Gasteiger partial charge in [-0.3, -0.25) is 4.79 Å². The van der Waals surface area contributed by atoms with Crippen molar-refractivity contribution in [3.63, 3.8) is 0 Å². The average Bonchev–Trinajstić information content (AvgIpc) is 2.94. The predicted molar refractivity (Wildman–Crippen MR) is 88.9 cm³/mol. The van der Waals surface area contributed by atoms with Crippen molar-refractivity contribution in [3.8, 4) is 0 Å². The number of amides is 3. The number of urea groups is 1. The van der Waals surface area contributed by atoms with Crippen molar-refractivity contribution in [1.82, 2.24) is 10.2 Å². The number of nitrogens with one attached hydrogen (secondary N) is 1. The lowest BCUT2D eigenvalue weighted by molar-refractivity contribution is -0.127. The number of rotatable bonds is 5. The largest absolute Gasteiger partial charge is 0.376 e. The molecule has 6 nitrogen and oxygen atoms in total. The van der Waals surface area contributed by atoms with Gasteiger partial charge in [0.05, 0.1) is 12.1 Å². The van der Waals surface area contributed by atoms with E-state index in [4.69, 9.17) is 10.5 Å². The van der Waals surface area contributed by atoms with Gasteiger partial charge in [0.15, 0.2) is 0 Å². The van der Waals surface area contributed by atoms with Gasteiger partial charge in [0, 0.05) is 25.1 Å². The molecule has 2 fully saturated rings. The summed E-state index contributed by atoms with van der Waals surface area (Å²) in [4.78, 5) is 25.9. The van der Waals surface area contributed by atoms with Crippen LogP contribution in [0.15, 0.2) is 0 Å². The van der Waals surface area contributed by atoms with E-state index in [1.807, 2.05) is 18.7 Å². The molecule has 3 N–H and O–H groups in total. The van der Waals surface area contributed by atoms with Gasteiger partial charge in [-0.2, -0.15) is 0 Å². The quantitative estimate of drug-likeness (QED) is 0.809. The summed E-state index contributed by atoms with van der Waals surface area (Å²) >= 11 is 0. The molecule has 0 aromatic heterocycles. The molecule has 0 bridgehead atoms. The molecule has 2 rings (SSSR count). The molecule has 0 aromatic carbocycles. The lowest BCUT2D eigenvalue weighted by atomic mass is 9.79. The molecule has 2 aliphatic rings. The Kier molecular flexibility index (Phi) is 5.89. The van der Waals surface area contributed by atoms with Gasteiger partial charge in [-0.15, -0.1) is 0 Å². The maximum absolute atomic E-state index is 12.5. The standard InChI is InChI=1S/C17H31N3O3/c1-4-14-13(7-9-23-14)19-16(22)20-8-5-6-12(11-20)10-17(2,3)15(18)21/h12-14H,4-11H2,1-3H3,(H2,18,21)(H,19,22)/t12?,13-,14+/m1/s1. The van der Waals surface area contributed by atoms with Crippen molar-refractivity contribution in [1.29, 1.82) is 0 Å². The molecule has 0 spiro atoms. The molecule has 1 unspecified atom stereocenters. The third-order valence-corrected chi connectivity index (χ3v) is 5.19. The lowest BCUT2D eigenvalue weighted by Gasteiger charge is -2.36. The van der Waals surface area contributed by atoms with Crippen molar-refractivity contribution in [2.24, 2.45) is 17.1 Å². The number of carbonyl (C=O) groups is 2. The van der Waals surface area contributed by atoms with Crippen molar-refractivity contribution in [2.45, 2.75) is 65.0 Å². The van der Waals surface area contributed by atoms with Crippen molar-refractivity contribution in [3.05, 3.63) is 0 Å². The van der Waals surface area contributed by atoms with E-state index in [1.54, 1.807) is 0 Å². The van der Waals surface area contributed by atoms with Gasteiger partial charge in [-0.05, 0) is 38.0 Å². The summed E-state index contributed by atoms with van der Waals surface area (Å²) in [6.07, 6.45) is 4.69. The summed E-state index contributed by atoms with van der Waals surface area (Å²) in [7, 11) is 0. The third kappa shape index (κ3) is 4.59. The molecule has 0 radical (unpaired) electrons. The normalized spacial score (nSPS) is 28.7. The minimum Gasteiger partial charge on any atom is -0.376 e. The van der Waals surface area contributed by atoms with Gasteiger partial charge >= 0.3 is 6.03 Å². The number of primary amides is 1. The Balaban J connectivity index is 1.87. The number of nitrogens with two attached hydrogens (primary N) is 1. The van der Waals surface area contributed by atoms with Gasteiger partial charge in [-0.25, -0.2) is 4.79 Å². The number of hydrogen-bond acceptors (Lipinski definition) is 3. The molecule has 2 saturated heterocycles. The zero-order valence-corrected chi connectivity index (χ0v) is 14.6. The zero-order chi connectivity index (χ0) is 17.0. The van der Waals surface area contributed by atoms with Gasteiger partial charge in [-0.1, -0.05) is 20.8 Å². The van der Waals surface area contributed by atoms with Crippen LogP contribution in [-0.4, -0.2) is 48.7 Å². The summed E-state index contributed by atoms with van der Waals surface area (Å²) in [6.45, 7) is 8.06. The highest BCUT2D eigenvalue weighted by Crippen LogP contribution is 2.30. The first-order valence-electron chi connectivity index (χ1n) is 8.80. The molecule has 0 aromatic rings. The highest BCUT2D eigenvalue weighted by Gasteiger charge is 2.34.